The summed E-state index contributed by atoms with van der Waals surface area (Å²) in [6.07, 6.45) is 6.06. The van der Waals surface area contributed by atoms with Gasteiger partial charge in [0.25, 0.3) is 0 Å². The maximum absolute atomic E-state index is 11.9. The van der Waals surface area contributed by atoms with Crippen LogP contribution in [0.2, 0.25) is 0 Å². The van der Waals surface area contributed by atoms with E-state index in [-0.39, 0.29) is 0 Å². The molecule has 0 radical (unpaired) electrons. The van der Waals surface area contributed by atoms with E-state index in [1.165, 1.54) is 19.3 Å². The molecule has 1 saturated carbocycles. The van der Waals surface area contributed by atoms with E-state index in [0.717, 1.165) is 12.8 Å². The van der Waals surface area contributed by atoms with Gasteiger partial charge in [-0.05, 0) is 40.0 Å². The van der Waals surface area contributed by atoms with E-state index < -0.39 is 26.1 Å². The molecule has 0 aromatic rings. The van der Waals surface area contributed by atoms with E-state index >= 15 is 0 Å². The summed E-state index contributed by atoms with van der Waals surface area (Å²) in [6, 6.07) is 0. The lowest BCUT2D eigenvalue weighted by Gasteiger charge is -2.33. The van der Waals surface area contributed by atoms with E-state index in [4.69, 9.17) is 9.26 Å². The Morgan fingerprint density at radius 3 is 2.30 bits per heavy atom. The quantitative estimate of drug-likeness (QED) is 0.603. The van der Waals surface area contributed by atoms with Gasteiger partial charge in [0.2, 0.25) is 0 Å². The Kier molecular flexibility index (Phi) is 6.41. The lowest BCUT2D eigenvalue weighted by atomic mass is 9.84. The second kappa shape index (κ2) is 7.37. The molecule has 1 fully saturated rings. The van der Waals surface area contributed by atoms with E-state index in [9.17, 15) is 9.36 Å². The lowest BCUT2D eigenvalue weighted by molar-refractivity contribution is 0.00320. The van der Waals surface area contributed by atoms with Crippen LogP contribution < -0.4 is 5.32 Å². The van der Waals surface area contributed by atoms with Crippen LogP contribution >= 0.6 is 8.69 Å². The third-order valence-corrected chi connectivity index (χ3v) is 3.88. The number of carbonyl (C=O) groups excluding carboxylic acids is 1. The molecule has 0 heterocycles. The predicted molar refractivity (Wildman–Crippen MR) is 77.7 cm³/mol. The van der Waals surface area contributed by atoms with E-state index in [2.05, 4.69) is 5.32 Å². The van der Waals surface area contributed by atoms with Crippen molar-refractivity contribution >= 4 is 14.8 Å². The number of ether oxygens (including phenoxy) is 1. The lowest BCUT2D eigenvalue weighted by Crippen LogP contribution is -2.49. The van der Waals surface area contributed by atoms with Crippen molar-refractivity contribution in [1.29, 1.82) is 0 Å². The fraction of sp³-hybridized carbons (Fsp3) is 0.929. The van der Waals surface area contributed by atoms with Gasteiger partial charge in [0.15, 0.2) is 5.72 Å². The number of nitrogens with one attached hydrogen (secondary N) is 1. The minimum Gasteiger partial charge on any atom is -0.444 e. The van der Waals surface area contributed by atoms with Gasteiger partial charge in [-0.25, -0.2) is 9.36 Å². The molecule has 0 aromatic heterocycles. The molecule has 5 nitrogen and oxygen atoms in total. The van der Waals surface area contributed by atoms with Crippen molar-refractivity contribution in [3.8, 4) is 0 Å². The standard InChI is InChI=1S/C14H26NO4P/c1-13(2,3)18-12(16)15-14(4,19-20-17)10-11-8-6-5-7-9-11/h11H,5-10H2,1-4H3,(H,15,16). The fourth-order valence-corrected chi connectivity index (χ4v) is 2.94. The average Bonchev–Trinajstić information content (AvgIpc) is 2.26. The maximum Gasteiger partial charge on any atom is 0.409 e. The molecule has 0 aromatic carbocycles. The second-order valence-corrected chi connectivity index (χ2v) is 7.06. The van der Waals surface area contributed by atoms with Crippen molar-refractivity contribution in [2.45, 2.75) is 77.5 Å². The van der Waals surface area contributed by atoms with Crippen molar-refractivity contribution in [3.05, 3.63) is 0 Å². The van der Waals surface area contributed by atoms with Gasteiger partial charge in [-0.3, -0.25) is 9.84 Å². The van der Waals surface area contributed by atoms with Crippen LogP contribution in [0.4, 0.5) is 4.79 Å². The molecule has 1 amide bonds. The number of carbonyl (C=O) groups is 1. The van der Waals surface area contributed by atoms with Crippen LogP contribution in [0.5, 0.6) is 0 Å². The molecule has 6 heteroatoms. The highest BCUT2D eigenvalue weighted by molar-refractivity contribution is 7.17. The van der Waals surface area contributed by atoms with Crippen LogP contribution in [0.1, 0.15) is 66.2 Å². The fourth-order valence-electron chi connectivity index (χ4n) is 2.66. The minimum atomic E-state index is -0.951. The van der Waals surface area contributed by atoms with Crippen molar-refractivity contribution in [1.82, 2.24) is 5.32 Å². The van der Waals surface area contributed by atoms with E-state index in [1.54, 1.807) is 27.7 Å². The molecule has 1 N–H and O–H groups in total. The van der Waals surface area contributed by atoms with E-state index in [1.807, 2.05) is 0 Å². The number of amides is 1. The van der Waals surface area contributed by atoms with Crippen LogP contribution in [0.3, 0.4) is 0 Å². The maximum atomic E-state index is 11.9. The van der Waals surface area contributed by atoms with Crippen molar-refractivity contribution in [3.63, 3.8) is 0 Å². The summed E-state index contributed by atoms with van der Waals surface area (Å²) >= 11 is 0. The monoisotopic (exact) mass is 303 g/mol. The third kappa shape index (κ3) is 6.67. The van der Waals surface area contributed by atoms with Gasteiger partial charge >= 0.3 is 14.8 Å². The van der Waals surface area contributed by atoms with Gasteiger partial charge in [0.05, 0.1) is 0 Å². The molecule has 1 atom stereocenters. The molecule has 1 rings (SSSR count). The topological polar surface area (TPSA) is 64.6 Å². The molecule has 1 unspecified atom stereocenters. The molecule has 20 heavy (non-hydrogen) atoms. The van der Waals surface area contributed by atoms with Gasteiger partial charge in [-0.1, -0.05) is 32.1 Å². The summed E-state index contributed by atoms with van der Waals surface area (Å²) in [7, 11) is -0.433. The van der Waals surface area contributed by atoms with Crippen LogP contribution in [0, 0.1) is 5.92 Å². The highest BCUT2D eigenvalue weighted by Crippen LogP contribution is 2.32. The first-order valence-corrected chi connectivity index (χ1v) is 7.99. The first-order valence-electron chi connectivity index (χ1n) is 7.26. The predicted octanol–water partition coefficient (Wildman–Crippen LogP) is 4.42. The summed E-state index contributed by atoms with van der Waals surface area (Å²) in [4.78, 5) is 11.9. The summed E-state index contributed by atoms with van der Waals surface area (Å²) < 4.78 is 21.3. The molecule has 0 aliphatic heterocycles. The number of rotatable bonds is 5. The van der Waals surface area contributed by atoms with Crippen LogP contribution in [-0.4, -0.2) is 17.4 Å². The number of hydrogen-bond donors (Lipinski definition) is 1. The molecule has 1 aliphatic rings. The van der Waals surface area contributed by atoms with Gasteiger partial charge in [-0.2, -0.15) is 0 Å². The van der Waals surface area contributed by atoms with Crippen molar-refractivity contribution < 1.29 is 18.6 Å². The number of hydrogen-bond acceptors (Lipinski definition) is 4. The second-order valence-electron chi connectivity index (χ2n) is 6.73. The third-order valence-electron chi connectivity index (χ3n) is 3.41. The Hall–Kier alpha value is -0.670. The SMILES string of the molecule is CC(C)(C)OC(=O)NC(C)(CC1CCCCC1)OP=O. The molecule has 0 bridgehead atoms. The Morgan fingerprint density at radius 2 is 1.80 bits per heavy atom. The van der Waals surface area contributed by atoms with Crippen LogP contribution in [0.15, 0.2) is 0 Å². The summed E-state index contributed by atoms with van der Waals surface area (Å²) in [5.74, 6) is 0.491. The molecule has 116 valence electrons. The average molecular weight is 303 g/mol. The van der Waals surface area contributed by atoms with Crippen molar-refractivity contribution in [2.75, 3.05) is 0 Å². The van der Waals surface area contributed by atoms with Crippen LogP contribution in [0.25, 0.3) is 0 Å². The van der Waals surface area contributed by atoms with Gasteiger partial charge in [0.1, 0.15) is 5.60 Å². The van der Waals surface area contributed by atoms with E-state index in [0.29, 0.717) is 12.3 Å². The Morgan fingerprint density at radius 1 is 1.20 bits per heavy atom. The highest BCUT2D eigenvalue weighted by Gasteiger charge is 2.33. The Bertz CT molecular complexity index is 337. The molecule has 0 spiro atoms. The zero-order valence-corrected chi connectivity index (χ0v) is 13.8. The van der Waals surface area contributed by atoms with Gasteiger partial charge in [0, 0.05) is 0 Å². The summed E-state index contributed by atoms with van der Waals surface area (Å²) in [5.41, 5.74) is -1.52. The zero-order chi connectivity index (χ0) is 15.2. The molecule has 1 aliphatic carbocycles. The molecule has 0 saturated heterocycles. The minimum absolute atomic E-state index is 0.433. The number of alkyl carbamates (subject to hydrolysis) is 1. The zero-order valence-electron chi connectivity index (χ0n) is 12.9. The Labute approximate surface area is 123 Å². The highest BCUT2D eigenvalue weighted by atomic mass is 31.1. The Balaban J connectivity index is 2.60. The largest absolute Gasteiger partial charge is 0.444 e. The smallest absolute Gasteiger partial charge is 0.409 e. The summed E-state index contributed by atoms with van der Waals surface area (Å²) in [5, 5.41) is 2.71. The normalized spacial score (nSPS) is 20.4. The van der Waals surface area contributed by atoms with Gasteiger partial charge < -0.3 is 4.74 Å². The molecular weight excluding hydrogens is 277 g/mol. The van der Waals surface area contributed by atoms with Crippen molar-refractivity contribution in [2.24, 2.45) is 5.92 Å². The first kappa shape index (κ1) is 17.4. The van der Waals surface area contributed by atoms with Gasteiger partial charge in [-0.15, -0.1) is 0 Å². The molecular formula is C14H26NO4P. The first-order chi connectivity index (χ1) is 9.24. The van der Waals surface area contributed by atoms with Crippen LogP contribution in [-0.2, 0) is 13.8 Å². The summed E-state index contributed by atoms with van der Waals surface area (Å²) in [6.45, 7) is 7.16.